The van der Waals surface area contributed by atoms with Crippen LogP contribution >= 0.6 is 0 Å². The van der Waals surface area contributed by atoms with Crippen LogP contribution in [-0.4, -0.2) is 115 Å². The number of nitrogens with one attached hydrogen (secondary N) is 7. The van der Waals surface area contributed by atoms with Crippen molar-refractivity contribution < 1.29 is 38.0 Å². The van der Waals surface area contributed by atoms with Crippen molar-refractivity contribution in [3.63, 3.8) is 0 Å². The van der Waals surface area contributed by atoms with Crippen molar-refractivity contribution in [1.29, 1.82) is 0 Å². The topological polar surface area (TPSA) is 214 Å². The average molecular weight is 842 g/mol. The number of imide groups is 2. The number of hydrogen-bond donors (Lipinski definition) is 7. The lowest BCUT2D eigenvalue weighted by atomic mass is 10.0. The number of likely N-dealkylation sites (N-methyl/N-ethyl adjacent to an activating group) is 1. The summed E-state index contributed by atoms with van der Waals surface area (Å²) in [6, 6.07) is 3.16. The van der Waals surface area contributed by atoms with Crippen molar-refractivity contribution in [3.05, 3.63) is 88.2 Å². The molecule has 1 aromatic heterocycles. The van der Waals surface area contributed by atoms with Gasteiger partial charge in [0.05, 0.1) is 17.7 Å². The van der Waals surface area contributed by atoms with Crippen LogP contribution in [0.15, 0.2) is 54.3 Å². The number of benzene rings is 1. The Kier molecular flexibility index (Phi) is 16.9. The van der Waals surface area contributed by atoms with Gasteiger partial charge in [0.1, 0.15) is 11.9 Å². The molecule has 0 saturated carbocycles. The van der Waals surface area contributed by atoms with Crippen LogP contribution in [0.1, 0.15) is 84.7 Å². The summed E-state index contributed by atoms with van der Waals surface area (Å²) in [5.74, 6) is -3.19. The van der Waals surface area contributed by atoms with Crippen molar-refractivity contribution in [2.75, 3.05) is 57.7 Å². The highest BCUT2D eigenvalue weighted by Crippen LogP contribution is 2.34. The number of fused-ring (bicyclic) bond motifs is 1. The second kappa shape index (κ2) is 22.4. The van der Waals surface area contributed by atoms with Gasteiger partial charge in [0.2, 0.25) is 17.7 Å². The van der Waals surface area contributed by atoms with E-state index in [0.29, 0.717) is 78.6 Å². The number of amides is 7. The molecule has 1 aromatic carbocycles. The number of aryl methyl sites for hydroxylation is 1. The predicted molar refractivity (Wildman–Crippen MR) is 229 cm³/mol. The molecule has 7 N–H and O–H groups in total. The van der Waals surface area contributed by atoms with E-state index in [4.69, 9.17) is 0 Å². The van der Waals surface area contributed by atoms with Crippen molar-refractivity contribution in [2.24, 2.45) is 0 Å². The van der Waals surface area contributed by atoms with Gasteiger partial charge in [-0.15, -0.1) is 0 Å². The summed E-state index contributed by atoms with van der Waals surface area (Å²) in [5, 5.41) is 17.4. The maximum Gasteiger partial charge on any atom is 0.261 e. The summed E-state index contributed by atoms with van der Waals surface area (Å²) in [5.41, 5.74) is 3.99. The van der Waals surface area contributed by atoms with E-state index in [0.717, 1.165) is 50.1 Å². The number of rotatable bonds is 23. The van der Waals surface area contributed by atoms with Gasteiger partial charge >= 0.3 is 0 Å². The van der Waals surface area contributed by atoms with E-state index in [1.165, 1.54) is 30.4 Å². The van der Waals surface area contributed by atoms with Gasteiger partial charge in [0.15, 0.2) is 0 Å². The molecule has 7 amide bonds. The molecule has 5 rings (SSSR count). The standard InChI is InChI=1S/C44H56FN9O7/c1-4-53(23-22-47-20-21-49-43(60)40-28(2)35(50-29(40)3)26-33-32-25-31(45)13-14-34(32)51-41(33)58)27-38(56)48-19-10-7-5-6-9-17-46-18-11-8-12-30-24-39(57)54(44(30)61)36-15-16-37(55)52-42(36)59/h8,11-14,18,24-26,36,46-47,50H,4-7,9-10,15-17,19-23,27H2,1-3H3,(H,48,56)(H,49,60)(H,51,58)(H,52,55,59)/b12-8-,18-11+,33-26-. The number of H-pyrrole nitrogens is 1. The lowest BCUT2D eigenvalue weighted by molar-refractivity contribution is -0.149. The smallest absolute Gasteiger partial charge is 0.261 e. The average Bonchev–Trinajstić information content (AvgIpc) is 3.80. The Morgan fingerprint density at radius 1 is 0.934 bits per heavy atom. The van der Waals surface area contributed by atoms with Crippen LogP contribution < -0.4 is 31.9 Å². The van der Waals surface area contributed by atoms with Gasteiger partial charge in [-0.1, -0.05) is 32.3 Å². The molecule has 1 atom stereocenters. The summed E-state index contributed by atoms with van der Waals surface area (Å²) in [4.78, 5) is 92.8. The minimum atomic E-state index is -0.976. The molecule has 3 aliphatic heterocycles. The number of piperidine rings is 1. The highest BCUT2D eigenvalue weighted by atomic mass is 19.1. The number of carbonyl (C=O) groups is 7. The molecule has 61 heavy (non-hydrogen) atoms. The van der Waals surface area contributed by atoms with Crippen LogP contribution in [0, 0.1) is 19.7 Å². The zero-order valence-electron chi connectivity index (χ0n) is 35.0. The third-order valence-corrected chi connectivity index (χ3v) is 10.7. The number of carbonyl (C=O) groups excluding carboxylic acids is 7. The fraction of sp³-hybridized carbons (Fsp3) is 0.432. The number of hydrogen-bond acceptors (Lipinski definition) is 10. The molecular formula is C44H56FN9O7. The van der Waals surface area contributed by atoms with Crippen molar-refractivity contribution >= 4 is 58.7 Å². The van der Waals surface area contributed by atoms with Crippen LogP contribution in [0.25, 0.3) is 11.6 Å². The number of aromatic amines is 1. The van der Waals surface area contributed by atoms with Crippen LogP contribution in [-0.2, 0) is 28.8 Å². The van der Waals surface area contributed by atoms with Crippen molar-refractivity contribution in [1.82, 2.24) is 41.4 Å². The minimum absolute atomic E-state index is 0.0110. The van der Waals surface area contributed by atoms with E-state index in [9.17, 15) is 38.0 Å². The molecule has 0 radical (unpaired) electrons. The molecule has 0 aliphatic carbocycles. The van der Waals surface area contributed by atoms with Gasteiger partial charge in [0.25, 0.3) is 23.6 Å². The van der Waals surface area contributed by atoms with Crippen LogP contribution in [0.3, 0.4) is 0 Å². The van der Waals surface area contributed by atoms with E-state index in [2.05, 4.69) is 41.8 Å². The number of nitrogens with zero attached hydrogens (tertiary/aromatic N) is 2. The lowest BCUT2D eigenvalue weighted by Crippen LogP contribution is -2.54. The highest BCUT2D eigenvalue weighted by molar-refractivity contribution is 6.35. The number of unbranched alkanes of at least 4 members (excludes halogenated alkanes) is 4. The summed E-state index contributed by atoms with van der Waals surface area (Å²) < 4.78 is 13.9. The molecule has 17 heteroatoms. The van der Waals surface area contributed by atoms with E-state index in [1.807, 2.05) is 6.92 Å². The molecule has 0 spiro atoms. The highest BCUT2D eigenvalue weighted by Gasteiger charge is 2.41. The Morgan fingerprint density at radius 3 is 2.48 bits per heavy atom. The molecule has 4 heterocycles. The Hall–Kier alpha value is -6.20. The molecule has 1 fully saturated rings. The molecule has 16 nitrogen and oxygen atoms in total. The first-order valence-electron chi connectivity index (χ1n) is 20.9. The fourth-order valence-electron chi connectivity index (χ4n) is 7.35. The number of allylic oxidation sites excluding steroid dienone is 2. The lowest BCUT2D eigenvalue weighted by Gasteiger charge is -2.28. The number of anilines is 1. The van der Waals surface area contributed by atoms with Gasteiger partial charge in [-0.05, 0) is 87.8 Å². The monoisotopic (exact) mass is 841 g/mol. The zero-order chi connectivity index (χ0) is 43.9. The summed E-state index contributed by atoms with van der Waals surface area (Å²) >= 11 is 0. The van der Waals surface area contributed by atoms with E-state index >= 15 is 0 Å². The van der Waals surface area contributed by atoms with Crippen molar-refractivity contribution in [3.8, 4) is 0 Å². The van der Waals surface area contributed by atoms with E-state index in [-0.39, 0.29) is 36.1 Å². The Balaban J connectivity index is 0.866. The predicted octanol–water partition coefficient (Wildman–Crippen LogP) is 2.73. The Morgan fingerprint density at radius 2 is 1.70 bits per heavy atom. The Labute approximate surface area is 354 Å². The molecular weight excluding hydrogens is 786 g/mol. The van der Waals surface area contributed by atoms with Crippen LogP contribution in [0.5, 0.6) is 0 Å². The van der Waals surface area contributed by atoms with Crippen LogP contribution in [0.2, 0.25) is 0 Å². The summed E-state index contributed by atoms with van der Waals surface area (Å²) in [6.07, 6.45) is 14.6. The Bertz CT molecular complexity index is 2120. The molecule has 326 valence electrons. The molecule has 1 unspecified atom stereocenters. The first-order valence-corrected chi connectivity index (χ1v) is 20.9. The maximum absolute atomic E-state index is 13.9. The second-order valence-electron chi connectivity index (χ2n) is 15.1. The largest absolute Gasteiger partial charge is 0.391 e. The van der Waals surface area contributed by atoms with Gasteiger partial charge in [-0.2, -0.15) is 0 Å². The van der Waals surface area contributed by atoms with Gasteiger partial charge < -0.3 is 31.6 Å². The quantitative estimate of drug-likeness (QED) is 0.0376. The first-order chi connectivity index (χ1) is 29.4. The fourth-order valence-corrected chi connectivity index (χ4v) is 7.35. The zero-order valence-corrected chi connectivity index (χ0v) is 35.0. The third kappa shape index (κ3) is 12.7. The molecule has 2 aromatic rings. The van der Waals surface area contributed by atoms with Crippen molar-refractivity contribution in [2.45, 2.75) is 71.8 Å². The minimum Gasteiger partial charge on any atom is -0.391 e. The van der Waals surface area contributed by atoms with Crippen LogP contribution in [0.4, 0.5) is 10.1 Å². The third-order valence-electron chi connectivity index (χ3n) is 10.7. The SMILES string of the molecule is CCN(CCNCCNC(=O)c1c(C)[nH]c(/C=C2\C(=O)Nc3ccc(F)cc32)c1C)CC(=O)NCCCCCCCN/C=C/C=C\C1=CC(=O)N(C2CCC(=O)NC2=O)C1=O. The van der Waals surface area contributed by atoms with Gasteiger partial charge in [-0.3, -0.25) is 48.7 Å². The maximum atomic E-state index is 13.9. The molecule has 1 saturated heterocycles. The van der Waals surface area contributed by atoms with Gasteiger partial charge in [0, 0.05) is 80.0 Å². The molecule has 3 aliphatic rings. The first kappa shape index (κ1) is 45.9. The number of aromatic nitrogens is 1. The van der Waals surface area contributed by atoms with E-state index in [1.54, 1.807) is 38.3 Å². The number of halogens is 1. The summed E-state index contributed by atoms with van der Waals surface area (Å²) in [6.45, 7) is 10.3. The molecule has 0 bridgehead atoms. The second-order valence-corrected chi connectivity index (χ2v) is 15.1. The normalized spacial score (nSPS) is 17.2. The van der Waals surface area contributed by atoms with Gasteiger partial charge in [-0.25, -0.2) is 4.39 Å². The van der Waals surface area contributed by atoms with E-state index < -0.39 is 35.5 Å². The summed E-state index contributed by atoms with van der Waals surface area (Å²) in [7, 11) is 0.